The predicted molar refractivity (Wildman–Crippen MR) is 80.0 cm³/mol. The molecule has 2 rings (SSSR count). The molecular formula is C17H12BO2. The summed E-state index contributed by atoms with van der Waals surface area (Å²) in [6, 6.07) is 15.1. The van der Waals surface area contributed by atoms with Crippen LogP contribution < -0.4 is 4.65 Å². The number of benzene rings is 2. The van der Waals surface area contributed by atoms with Crippen LogP contribution in [-0.2, 0) is 0 Å². The van der Waals surface area contributed by atoms with Gasteiger partial charge in [-0.3, -0.25) is 0 Å². The van der Waals surface area contributed by atoms with Crippen LogP contribution in [0.25, 0.3) is 0 Å². The van der Waals surface area contributed by atoms with Gasteiger partial charge in [-0.25, -0.2) is 0 Å². The number of hydrogen-bond acceptors (Lipinski definition) is 2. The van der Waals surface area contributed by atoms with E-state index in [1.807, 2.05) is 31.2 Å². The van der Waals surface area contributed by atoms with Gasteiger partial charge in [0, 0.05) is 11.1 Å². The van der Waals surface area contributed by atoms with E-state index in [0.717, 1.165) is 11.1 Å². The maximum atomic E-state index is 8.49. The third-order valence-electron chi connectivity index (χ3n) is 2.57. The molecule has 0 aliphatic carbocycles. The van der Waals surface area contributed by atoms with Crippen LogP contribution in [0, 0.1) is 30.6 Å². The van der Waals surface area contributed by atoms with Crippen molar-refractivity contribution in [2.75, 3.05) is 0 Å². The Kier molecular flexibility index (Phi) is 4.90. The summed E-state index contributed by atoms with van der Waals surface area (Å²) in [6.07, 6.45) is 0. The zero-order chi connectivity index (χ0) is 14.2. The molecule has 95 valence electrons. The molecule has 2 aromatic rings. The Hall–Kier alpha value is -2.62. The summed E-state index contributed by atoms with van der Waals surface area (Å²) < 4.78 is 4.81. The maximum Gasteiger partial charge on any atom is 0.569 e. The Morgan fingerprint density at radius 2 is 1.35 bits per heavy atom. The van der Waals surface area contributed by atoms with Crippen molar-refractivity contribution < 1.29 is 9.68 Å². The summed E-state index contributed by atoms with van der Waals surface area (Å²) in [6.45, 7) is 2.04. The van der Waals surface area contributed by atoms with Gasteiger partial charge in [0.15, 0.2) is 0 Å². The molecule has 2 nitrogen and oxygen atoms in total. The molecule has 0 saturated heterocycles. The normalized spacial score (nSPS) is 8.70. The third kappa shape index (κ3) is 4.25. The van der Waals surface area contributed by atoms with Crippen LogP contribution in [0.2, 0.25) is 0 Å². The summed E-state index contributed by atoms with van der Waals surface area (Å²) in [5, 5.41) is 8.49. The van der Waals surface area contributed by atoms with Gasteiger partial charge >= 0.3 is 7.69 Å². The highest BCUT2D eigenvalue weighted by atomic mass is 16.5. The van der Waals surface area contributed by atoms with Crippen molar-refractivity contribution in [2.24, 2.45) is 0 Å². The predicted octanol–water partition coefficient (Wildman–Crippen LogP) is 2.30. The highest BCUT2D eigenvalue weighted by Crippen LogP contribution is 2.10. The smallest absolute Gasteiger partial charge is 0.537 e. The van der Waals surface area contributed by atoms with E-state index in [0.29, 0.717) is 13.4 Å². The van der Waals surface area contributed by atoms with Gasteiger partial charge in [0.2, 0.25) is 0 Å². The van der Waals surface area contributed by atoms with Crippen LogP contribution in [0.4, 0.5) is 0 Å². The Bertz CT molecular complexity index is 680. The molecule has 0 bridgehead atoms. The fourth-order valence-electron chi connectivity index (χ4n) is 1.52. The van der Waals surface area contributed by atoms with Gasteiger partial charge in [0.25, 0.3) is 0 Å². The minimum absolute atomic E-state index is 0.559. The molecule has 20 heavy (non-hydrogen) atoms. The SMILES string of the molecule is Cc1ccc(C#CC#Cc2ccc(O[B]O)cc2)cc1. The van der Waals surface area contributed by atoms with E-state index in [9.17, 15) is 0 Å². The first-order valence-electron chi connectivity index (χ1n) is 6.09. The molecule has 0 heterocycles. The lowest BCUT2D eigenvalue weighted by Gasteiger charge is -1.99. The van der Waals surface area contributed by atoms with E-state index < -0.39 is 0 Å². The Morgan fingerprint density at radius 3 is 1.85 bits per heavy atom. The van der Waals surface area contributed by atoms with E-state index in [1.54, 1.807) is 24.3 Å². The van der Waals surface area contributed by atoms with Crippen molar-refractivity contribution >= 4 is 7.69 Å². The summed E-state index contributed by atoms with van der Waals surface area (Å²) in [4.78, 5) is 0. The quantitative estimate of drug-likeness (QED) is 0.662. The Morgan fingerprint density at radius 1 is 0.850 bits per heavy atom. The molecule has 1 N–H and O–H groups in total. The number of rotatable bonds is 2. The Balaban J connectivity index is 2.02. The zero-order valence-corrected chi connectivity index (χ0v) is 11.1. The molecule has 0 aliphatic heterocycles. The molecule has 0 unspecified atom stereocenters. The van der Waals surface area contributed by atoms with Crippen molar-refractivity contribution in [3.8, 4) is 29.4 Å². The lowest BCUT2D eigenvalue weighted by Crippen LogP contribution is -1.99. The van der Waals surface area contributed by atoms with Crippen LogP contribution in [0.1, 0.15) is 16.7 Å². The minimum atomic E-state index is 0.559. The van der Waals surface area contributed by atoms with Gasteiger partial charge < -0.3 is 9.68 Å². The molecule has 1 radical (unpaired) electrons. The molecule has 0 aliphatic rings. The van der Waals surface area contributed by atoms with Crippen LogP contribution in [0.15, 0.2) is 48.5 Å². The van der Waals surface area contributed by atoms with Crippen LogP contribution in [0.5, 0.6) is 5.75 Å². The first-order valence-corrected chi connectivity index (χ1v) is 6.09. The molecule has 3 heteroatoms. The summed E-state index contributed by atoms with van der Waals surface area (Å²) >= 11 is 0. The average Bonchev–Trinajstić information content (AvgIpc) is 2.47. The van der Waals surface area contributed by atoms with Crippen molar-refractivity contribution in [3.05, 3.63) is 65.2 Å². The van der Waals surface area contributed by atoms with Crippen molar-refractivity contribution in [2.45, 2.75) is 6.92 Å². The number of hydrogen-bond donors (Lipinski definition) is 1. The van der Waals surface area contributed by atoms with Crippen molar-refractivity contribution in [1.29, 1.82) is 0 Å². The highest BCUT2D eigenvalue weighted by molar-refractivity contribution is 6.17. The monoisotopic (exact) mass is 259 g/mol. The molecule has 0 atom stereocenters. The van der Waals surface area contributed by atoms with Gasteiger partial charge in [-0.05, 0) is 55.2 Å². The standard InChI is InChI=1S/C17H12BO2/c1-14-6-8-15(9-7-14)4-2-3-5-16-10-12-17(13-11-16)20-18-19/h6-13,19H,1H3. The zero-order valence-electron chi connectivity index (χ0n) is 11.1. The fraction of sp³-hybridized carbons (Fsp3) is 0.0588. The first kappa shape index (κ1) is 13.8. The second-order valence-electron chi connectivity index (χ2n) is 4.11. The molecule has 0 spiro atoms. The second-order valence-corrected chi connectivity index (χ2v) is 4.11. The van der Waals surface area contributed by atoms with Crippen LogP contribution in [0.3, 0.4) is 0 Å². The Labute approximate surface area is 119 Å². The minimum Gasteiger partial charge on any atom is -0.537 e. The van der Waals surface area contributed by atoms with E-state index in [4.69, 9.17) is 9.68 Å². The summed E-state index contributed by atoms with van der Waals surface area (Å²) in [5.41, 5.74) is 3.00. The van der Waals surface area contributed by atoms with E-state index >= 15 is 0 Å². The maximum absolute atomic E-state index is 8.49. The van der Waals surface area contributed by atoms with Crippen LogP contribution >= 0.6 is 0 Å². The van der Waals surface area contributed by atoms with Gasteiger partial charge in [0.1, 0.15) is 5.75 Å². The lowest BCUT2D eigenvalue weighted by molar-refractivity contribution is 0.454. The first-order chi connectivity index (χ1) is 9.78. The van der Waals surface area contributed by atoms with E-state index in [1.165, 1.54) is 5.56 Å². The third-order valence-corrected chi connectivity index (χ3v) is 2.57. The van der Waals surface area contributed by atoms with E-state index in [-0.39, 0.29) is 0 Å². The topological polar surface area (TPSA) is 29.5 Å². The molecule has 0 amide bonds. The second kappa shape index (κ2) is 7.09. The summed E-state index contributed by atoms with van der Waals surface area (Å²) in [7, 11) is 0.647. The highest BCUT2D eigenvalue weighted by Gasteiger charge is 1.93. The molecular weight excluding hydrogens is 247 g/mol. The molecule has 0 aromatic heterocycles. The largest absolute Gasteiger partial charge is 0.569 e. The number of aryl methyl sites for hydroxylation is 1. The van der Waals surface area contributed by atoms with Gasteiger partial charge in [-0.2, -0.15) is 0 Å². The summed E-state index contributed by atoms with van der Waals surface area (Å²) in [5.74, 6) is 12.1. The molecule has 2 aromatic carbocycles. The average molecular weight is 259 g/mol. The fourth-order valence-corrected chi connectivity index (χ4v) is 1.52. The van der Waals surface area contributed by atoms with Crippen LogP contribution in [-0.4, -0.2) is 12.7 Å². The van der Waals surface area contributed by atoms with E-state index in [2.05, 4.69) is 23.7 Å². The van der Waals surface area contributed by atoms with Crippen molar-refractivity contribution in [3.63, 3.8) is 0 Å². The molecule has 0 saturated carbocycles. The molecule has 0 fully saturated rings. The van der Waals surface area contributed by atoms with Gasteiger partial charge in [0.05, 0.1) is 0 Å². The van der Waals surface area contributed by atoms with Gasteiger partial charge in [-0.1, -0.05) is 29.5 Å². The lowest BCUT2D eigenvalue weighted by atomic mass is 10.1. The van der Waals surface area contributed by atoms with Gasteiger partial charge in [-0.15, -0.1) is 0 Å². The van der Waals surface area contributed by atoms with Crippen molar-refractivity contribution in [1.82, 2.24) is 0 Å².